The van der Waals surface area contributed by atoms with E-state index in [2.05, 4.69) is 5.10 Å². The summed E-state index contributed by atoms with van der Waals surface area (Å²) in [6.45, 7) is 2.75. The van der Waals surface area contributed by atoms with Crippen LogP contribution in [0.4, 0.5) is 4.39 Å². The first-order valence-corrected chi connectivity index (χ1v) is 3.88. The van der Waals surface area contributed by atoms with Crippen LogP contribution in [-0.2, 0) is 0 Å². The van der Waals surface area contributed by atoms with E-state index < -0.39 is 0 Å². The molecule has 0 aromatic heterocycles. The van der Waals surface area contributed by atoms with E-state index in [1.165, 1.54) is 0 Å². The van der Waals surface area contributed by atoms with Crippen molar-refractivity contribution in [3.05, 3.63) is 11.9 Å². The first-order chi connectivity index (χ1) is 5.24. The van der Waals surface area contributed by atoms with Gasteiger partial charge in [-0.1, -0.05) is 6.92 Å². The Kier molecular flexibility index (Phi) is 2.63. The van der Waals surface area contributed by atoms with E-state index in [-0.39, 0.29) is 5.83 Å². The van der Waals surface area contributed by atoms with Crippen LogP contribution in [-0.4, -0.2) is 24.3 Å². The largest absolute Gasteiger partial charge is 0.299 e. The molecule has 1 heterocycles. The topological polar surface area (TPSA) is 15.6 Å². The van der Waals surface area contributed by atoms with Crippen molar-refractivity contribution < 1.29 is 4.39 Å². The van der Waals surface area contributed by atoms with Gasteiger partial charge >= 0.3 is 0 Å². The monoisotopic (exact) mass is 156 g/mol. The standard InChI is InChI=1S/C8H13FN2/c1-3-4-7(9)8-5-6-11(2)10-8/h4H,3,5-6H2,1-2H3/b7-4+. The van der Waals surface area contributed by atoms with Gasteiger partial charge in [0.15, 0.2) is 0 Å². The van der Waals surface area contributed by atoms with Gasteiger partial charge in [-0.25, -0.2) is 4.39 Å². The Morgan fingerprint density at radius 2 is 2.55 bits per heavy atom. The maximum Gasteiger partial charge on any atom is 0.142 e. The number of hydrogen-bond acceptors (Lipinski definition) is 2. The normalized spacial score (nSPS) is 19.0. The molecular formula is C8H13FN2. The summed E-state index contributed by atoms with van der Waals surface area (Å²) >= 11 is 0. The number of halogens is 1. The number of rotatable bonds is 2. The van der Waals surface area contributed by atoms with Gasteiger partial charge in [-0.3, -0.25) is 5.01 Å². The minimum Gasteiger partial charge on any atom is -0.299 e. The summed E-state index contributed by atoms with van der Waals surface area (Å²) in [6.07, 6.45) is 3.03. The van der Waals surface area contributed by atoms with Crippen LogP contribution in [0.1, 0.15) is 19.8 Å². The molecule has 1 rings (SSSR count). The van der Waals surface area contributed by atoms with Crippen LogP contribution in [0.3, 0.4) is 0 Å². The van der Waals surface area contributed by atoms with Crippen molar-refractivity contribution in [2.45, 2.75) is 19.8 Å². The van der Waals surface area contributed by atoms with Crippen LogP contribution in [0, 0.1) is 0 Å². The molecule has 3 heteroatoms. The van der Waals surface area contributed by atoms with Gasteiger partial charge < -0.3 is 0 Å². The summed E-state index contributed by atoms with van der Waals surface area (Å²) < 4.78 is 13.0. The molecule has 0 amide bonds. The van der Waals surface area contributed by atoms with Crippen LogP contribution in [0.15, 0.2) is 17.0 Å². The third-order valence-electron chi connectivity index (χ3n) is 1.62. The zero-order valence-electron chi connectivity index (χ0n) is 6.97. The fourth-order valence-corrected chi connectivity index (χ4v) is 1.04. The molecule has 0 saturated carbocycles. The van der Waals surface area contributed by atoms with Crippen molar-refractivity contribution in [1.82, 2.24) is 5.01 Å². The highest BCUT2D eigenvalue weighted by atomic mass is 19.1. The van der Waals surface area contributed by atoms with Crippen LogP contribution >= 0.6 is 0 Å². The Balaban J connectivity index is 2.61. The molecule has 62 valence electrons. The van der Waals surface area contributed by atoms with Crippen molar-refractivity contribution >= 4 is 5.71 Å². The van der Waals surface area contributed by atoms with Crippen LogP contribution in [0.2, 0.25) is 0 Å². The van der Waals surface area contributed by atoms with E-state index in [1.54, 1.807) is 11.1 Å². The maximum absolute atomic E-state index is 13.0. The smallest absolute Gasteiger partial charge is 0.142 e. The Morgan fingerprint density at radius 3 is 3.00 bits per heavy atom. The van der Waals surface area contributed by atoms with E-state index in [4.69, 9.17) is 0 Å². The molecule has 0 saturated heterocycles. The number of hydrogen-bond donors (Lipinski definition) is 0. The fourth-order valence-electron chi connectivity index (χ4n) is 1.04. The molecule has 0 bridgehead atoms. The molecule has 0 aliphatic carbocycles. The maximum atomic E-state index is 13.0. The van der Waals surface area contributed by atoms with E-state index in [9.17, 15) is 4.39 Å². The molecule has 1 aliphatic heterocycles. The minimum atomic E-state index is -0.156. The molecule has 11 heavy (non-hydrogen) atoms. The molecule has 0 spiro atoms. The van der Waals surface area contributed by atoms with Gasteiger partial charge in [0.05, 0.1) is 5.71 Å². The number of nitrogens with zero attached hydrogens (tertiary/aromatic N) is 2. The molecule has 0 atom stereocenters. The van der Waals surface area contributed by atoms with Gasteiger partial charge in [0.2, 0.25) is 0 Å². The van der Waals surface area contributed by atoms with Gasteiger partial charge in [-0.2, -0.15) is 5.10 Å². The molecule has 0 N–H and O–H groups in total. The third-order valence-corrected chi connectivity index (χ3v) is 1.62. The molecular weight excluding hydrogens is 143 g/mol. The average molecular weight is 156 g/mol. The zero-order chi connectivity index (χ0) is 8.27. The van der Waals surface area contributed by atoms with E-state index in [0.29, 0.717) is 5.71 Å². The molecule has 0 aromatic carbocycles. The molecule has 0 radical (unpaired) electrons. The highest BCUT2D eigenvalue weighted by molar-refractivity contribution is 5.98. The van der Waals surface area contributed by atoms with Gasteiger partial charge in [0.25, 0.3) is 0 Å². The second-order valence-corrected chi connectivity index (χ2v) is 2.64. The highest BCUT2D eigenvalue weighted by Crippen LogP contribution is 2.12. The fraction of sp³-hybridized carbons (Fsp3) is 0.625. The molecule has 1 aliphatic rings. The van der Waals surface area contributed by atoms with Crippen LogP contribution in [0.25, 0.3) is 0 Å². The second-order valence-electron chi connectivity index (χ2n) is 2.64. The number of allylic oxidation sites excluding steroid dienone is 2. The van der Waals surface area contributed by atoms with Crippen LogP contribution < -0.4 is 0 Å². The summed E-state index contributed by atoms with van der Waals surface area (Å²) in [5, 5.41) is 5.78. The van der Waals surface area contributed by atoms with Crippen molar-refractivity contribution in [3.8, 4) is 0 Å². The zero-order valence-corrected chi connectivity index (χ0v) is 6.97. The molecule has 0 aromatic rings. The van der Waals surface area contributed by atoms with Gasteiger partial charge in [0, 0.05) is 20.0 Å². The summed E-state index contributed by atoms with van der Waals surface area (Å²) in [6, 6.07) is 0. The lowest BCUT2D eigenvalue weighted by Gasteiger charge is -2.00. The van der Waals surface area contributed by atoms with Gasteiger partial charge in [-0.05, 0) is 12.5 Å². The van der Waals surface area contributed by atoms with Gasteiger partial charge in [0.1, 0.15) is 5.83 Å². The average Bonchev–Trinajstić information content (AvgIpc) is 2.36. The van der Waals surface area contributed by atoms with E-state index in [1.807, 2.05) is 14.0 Å². The Hall–Kier alpha value is -0.860. The first kappa shape index (κ1) is 8.24. The second kappa shape index (κ2) is 3.51. The summed E-state index contributed by atoms with van der Waals surface area (Å²) in [7, 11) is 1.85. The predicted molar refractivity (Wildman–Crippen MR) is 44.2 cm³/mol. The highest BCUT2D eigenvalue weighted by Gasteiger charge is 2.13. The van der Waals surface area contributed by atoms with Crippen molar-refractivity contribution in [1.29, 1.82) is 0 Å². The molecule has 2 nitrogen and oxygen atoms in total. The Bertz CT molecular complexity index is 196. The first-order valence-electron chi connectivity index (χ1n) is 3.88. The molecule has 0 unspecified atom stereocenters. The Morgan fingerprint density at radius 1 is 1.82 bits per heavy atom. The molecule has 0 fully saturated rings. The van der Waals surface area contributed by atoms with Crippen molar-refractivity contribution in [2.75, 3.05) is 13.6 Å². The summed E-state index contributed by atoms with van der Waals surface area (Å²) in [5.41, 5.74) is 0.592. The van der Waals surface area contributed by atoms with E-state index >= 15 is 0 Å². The number of hydrazone groups is 1. The lowest BCUT2D eigenvalue weighted by Crippen LogP contribution is -2.04. The Labute approximate surface area is 66.4 Å². The van der Waals surface area contributed by atoms with Crippen LogP contribution in [0.5, 0.6) is 0 Å². The minimum absolute atomic E-state index is 0.156. The quantitative estimate of drug-likeness (QED) is 0.596. The predicted octanol–water partition coefficient (Wildman–Crippen LogP) is 1.94. The lowest BCUT2D eigenvalue weighted by atomic mass is 10.2. The summed E-state index contributed by atoms with van der Waals surface area (Å²) in [4.78, 5) is 0. The lowest BCUT2D eigenvalue weighted by molar-refractivity contribution is 0.393. The third kappa shape index (κ3) is 2.03. The van der Waals surface area contributed by atoms with Gasteiger partial charge in [-0.15, -0.1) is 0 Å². The van der Waals surface area contributed by atoms with Crippen molar-refractivity contribution in [2.24, 2.45) is 5.10 Å². The SMILES string of the molecule is CC/C=C(/F)C1=NN(C)CC1. The summed E-state index contributed by atoms with van der Waals surface area (Å²) in [5.74, 6) is -0.156. The van der Waals surface area contributed by atoms with E-state index in [0.717, 1.165) is 19.4 Å². The van der Waals surface area contributed by atoms with Crippen molar-refractivity contribution in [3.63, 3.8) is 0 Å².